The zero-order valence-corrected chi connectivity index (χ0v) is 16.3. The highest BCUT2D eigenvalue weighted by atomic mass is 35.5. The standard InChI is InChI=1S/C20H16ClF3N4O2/c21-16-6-3-14(11-25-16)19(29)28-9-7-13(8-10-28)18-26-17(27-30-18)12-1-4-15(5-2-12)20(22,23)24/h1-6,11,13H,7-10H2. The van der Waals surface area contributed by atoms with Gasteiger partial charge in [-0.15, -0.1) is 0 Å². The largest absolute Gasteiger partial charge is 0.416 e. The highest BCUT2D eigenvalue weighted by Crippen LogP contribution is 2.32. The van der Waals surface area contributed by atoms with Crippen molar-refractivity contribution in [2.45, 2.75) is 24.9 Å². The zero-order chi connectivity index (χ0) is 21.3. The number of carbonyl (C=O) groups excluding carboxylic acids is 1. The molecule has 0 saturated carbocycles. The predicted molar refractivity (Wildman–Crippen MR) is 102 cm³/mol. The Bertz CT molecular complexity index is 1030. The van der Waals surface area contributed by atoms with Gasteiger partial charge < -0.3 is 9.42 Å². The molecular weight excluding hydrogens is 421 g/mol. The number of carbonyl (C=O) groups is 1. The van der Waals surface area contributed by atoms with Crippen LogP contribution in [0.5, 0.6) is 0 Å². The van der Waals surface area contributed by atoms with Gasteiger partial charge in [0.1, 0.15) is 5.15 Å². The summed E-state index contributed by atoms with van der Waals surface area (Å²) in [6, 6.07) is 7.82. The fourth-order valence-corrected chi connectivity index (χ4v) is 3.45. The molecule has 1 fully saturated rings. The van der Waals surface area contributed by atoms with E-state index in [1.165, 1.54) is 18.3 Å². The maximum absolute atomic E-state index is 12.7. The number of aromatic nitrogens is 3. The minimum Gasteiger partial charge on any atom is -0.339 e. The van der Waals surface area contributed by atoms with Gasteiger partial charge in [-0.25, -0.2) is 4.98 Å². The summed E-state index contributed by atoms with van der Waals surface area (Å²) in [6.45, 7) is 1.04. The first-order valence-electron chi connectivity index (χ1n) is 9.23. The topological polar surface area (TPSA) is 72.1 Å². The van der Waals surface area contributed by atoms with Gasteiger partial charge in [-0.2, -0.15) is 18.2 Å². The van der Waals surface area contributed by atoms with E-state index in [1.54, 1.807) is 17.0 Å². The third kappa shape index (κ3) is 4.30. The molecule has 4 rings (SSSR count). The highest BCUT2D eigenvalue weighted by molar-refractivity contribution is 6.29. The van der Waals surface area contributed by atoms with Crippen LogP contribution in [0.3, 0.4) is 0 Å². The van der Waals surface area contributed by atoms with Crippen molar-refractivity contribution in [3.05, 3.63) is 64.8 Å². The molecule has 0 unspecified atom stereocenters. The van der Waals surface area contributed by atoms with Crippen LogP contribution in [0.25, 0.3) is 11.4 Å². The van der Waals surface area contributed by atoms with E-state index >= 15 is 0 Å². The molecule has 1 aliphatic rings. The molecule has 3 heterocycles. The zero-order valence-electron chi connectivity index (χ0n) is 15.6. The summed E-state index contributed by atoms with van der Waals surface area (Å²) in [7, 11) is 0. The molecule has 3 aromatic rings. The molecule has 0 aliphatic carbocycles. The number of halogens is 4. The van der Waals surface area contributed by atoms with E-state index in [0.717, 1.165) is 12.1 Å². The molecule has 1 saturated heterocycles. The van der Waals surface area contributed by atoms with E-state index in [1.807, 2.05) is 0 Å². The Labute approximate surface area is 174 Å². The lowest BCUT2D eigenvalue weighted by Gasteiger charge is -2.30. The van der Waals surface area contributed by atoms with Crippen LogP contribution in [0, 0.1) is 0 Å². The molecule has 1 amide bonds. The molecule has 0 atom stereocenters. The summed E-state index contributed by atoms with van der Waals surface area (Å²) in [5.41, 5.74) is 0.184. The average Bonchev–Trinajstić information content (AvgIpc) is 3.24. The summed E-state index contributed by atoms with van der Waals surface area (Å²) in [6.07, 6.45) is -1.66. The van der Waals surface area contributed by atoms with Gasteiger partial charge in [0.05, 0.1) is 11.1 Å². The molecule has 1 aromatic carbocycles. The van der Waals surface area contributed by atoms with Gasteiger partial charge in [-0.3, -0.25) is 4.79 Å². The van der Waals surface area contributed by atoms with E-state index in [9.17, 15) is 18.0 Å². The second kappa shape index (κ2) is 8.06. The van der Waals surface area contributed by atoms with Crippen molar-refractivity contribution >= 4 is 17.5 Å². The van der Waals surface area contributed by atoms with Crippen molar-refractivity contribution in [1.29, 1.82) is 0 Å². The number of pyridine rings is 1. The van der Waals surface area contributed by atoms with Crippen molar-refractivity contribution in [3.8, 4) is 11.4 Å². The van der Waals surface area contributed by atoms with Gasteiger partial charge in [0, 0.05) is 30.8 Å². The second-order valence-electron chi connectivity index (χ2n) is 6.97. The molecule has 2 aromatic heterocycles. The minimum absolute atomic E-state index is 0.0203. The lowest BCUT2D eigenvalue weighted by Crippen LogP contribution is -2.38. The van der Waals surface area contributed by atoms with Gasteiger partial charge in [0.15, 0.2) is 0 Å². The molecule has 30 heavy (non-hydrogen) atoms. The van der Waals surface area contributed by atoms with E-state index in [2.05, 4.69) is 15.1 Å². The first kappa shape index (κ1) is 20.3. The van der Waals surface area contributed by atoms with Crippen LogP contribution in [-0.4, -0.2) is 39.0 Å². The predicted octanol–water partition coefficient (Wildman–Crippen LogP) is 4.82. The number of piperidine rings is 1. The summed E-state index contributed by atoms with van der Waals surface area (Å²) in [5.74, 6) is 0.524. The normalized spacial score (nSPS) is 15.4. The summed E-state index contributed by atoms with van der Waals surface area (Å²) >= 11 is 5.75. The van der Waals surface area contributed by atoms with Crippen molar-refractivity contribution in [2.24, 2.45) is 0 Å². The Hall–Kier alpha value is -2.94. The SMILES string of the molecule is O=C(c1ccc(Cl)nc1)N1CCC(c2nc(-c3ccc(C(F)(F)F)cc3)no2)CC1. The van der Waals surface area contributed by atoms with E-state index in [-0.39, 0.29) is 17.6 Å². The van der Waals surface area contributed by atoms with Crippen molar-refractivity contribution in [1.82, 2.24) is 20.0 Å². The third-order valence-corrected chi connectivity index (χ3v) is 5.24. The Morgan fingerprint density at radius 2 is 1.80 bits per heavy atom. The molecule has 6 nitrogen and oxygen atoms in total. The first-order valence-corrected chi connectivity index (χ1v) is 9.61. The average molecular weight is 437 g/mol. The van der Waals surface area contributed by atoms with Crippen LogP contribution in [0.4, 0.5) is 13.2 Å². The van der Waals surface area contributed by atoms with Crippen LogP contribution >= 0.6 is 11.6 Å². The number of amides is 1. The maximum Gasteiger partial charge on any atom is 0.416 e. The molecule has 0 N–H and O–H groups in total. The number of rotatable bonds is 3. The van der Waals surface area contributed by atoms with Gasteiger partial charge in [-0.05, 0) is 37.1 Å². The number of hydrogen-bond acceptors (Lipinski definition) is 5. The van der Waals surface area contributed by atoms with Crippen molar-refractivity contribution in [2.75, 3.05) is 13.1 Å². The summed E-state index contributed by atoms with van der Waals surface area (Å²) < 4.78 is 43.4. The quantitative estimate of drug-likeness (QED) is 0.550. The molecule has 0 spiro atoms. The Balaban J connectivity index is 1.39. The molecular formula is C20H16ClF3N4O2. The van der Waals surface area contributed by atoms with Gasteiger partial charge in [0.25, 0.3) is 5.91 Å². The lowest BCUT2D eigenvalue weighted by atomic mass is 9.96. The van der Waals surface area contributed by atoms with Gasteiger partial charge in [-0.1, -0.05) is 28.9 Å². The number of alkyl halides is 3. The second-order valence-corrected chi connectivity index (χ2v) is 7.35. The Morgan fingerprint density at radius 1 is 1.10 bits per heavy atom. The summed E-state index contributed by atoms with van der Waals surface area (Å²) in [5, 5.41) is 4.22. The van der Waals surface area contributed by atoms with E-state index < -0.39 is 11.7 Å². The fraction of sp³-hybridized carbons (Fsp3) is 0.300. The van der Waals surface area contributed by atoms with Crippen LogP contribution < -0.4 is 0 Å². The molecule has 10 heteroatoms. The van der Waals surface area contributed by atoms with Crippen LogP contribution in [-0.2, 0) is 6.18 Å². The first-order chi connectivity index (χ1) is 14.3. The lowest BCUT2D eigenvalue weighted by molar-refractivity contribution is -0.137. The maximum atomic E-state index is 12.7. The summed E-state index contributed by atoms with van der Waals surface area (Å²) in [4.78, 5) is 22.6. The van der Waals surface area contributed by atoms with Crippen LogP contribution in [0.15, 0.2) is 47.1 Å². The number of benzene rings is 1. The minimum atomic E-state index is -4.39. The Kier molecular flexibility index (Phi) is 5.46. The molecule has 0 bridgehead atoms. The smallest absolute Gasteiger partial charge is 0.339 e. The molecule has 156 valence electrons. The van der Waals surface area contributed by atoms with E-state index in [0.29, 0.717) is 48.1 Å². The van der Waals surface area contributed by atoms with Crippen molar-refractivity contribution < 1.29 is 22.5 Å². The van der Waals surface area contributed by atoms with Crippen LogP contribution in [0.2, 0.25) is 5.15 Å². The van der Waals surface area contributed by atoms with Gasteiger partial charge in [0.2, 0.25) is 11.7 Å². The number of hydrogen-bond donors (Lipinski definition) is 0. The Morgan fingerprint density at radius 3 is 2.40 bits per heavy atom. The highest BCUT2D eigenvalue weighted by Gasteiger charge is 2.31. The van der Waals surface area contributed by atoms with Gasteiger partial charge >= 0.3 is 6.18 Å². The fourth-order valence-electron chi connectivity index (χ4n) is 3.34. The third-order valence-electron chi connectivity index (χ3n) is 5.02. The number of nitrogens with zero attached hydrogens (tertiary/aromatic N) is 4. The monoisotopic (exact) mass is 436 g/mol. The molecule has 0 radical (unpaired) electrons. The van der Waals surface area contributed by atoms with E-state index in [4.69, 9.17) is 16.1 Å². The molecule has 1 aliphatic heterocycles. The number of likely N-dealkylation sites (tertiary alicyclic amines) is 1. The van der Waals surface area contributed by atoms with Crippen molar-refractivity contribution in [3.63, 3.8) is 0 Å². The van der Waals surface area contributed by atoms with Crippen LogP contribution in [0.1, 0.15) is 40.6 Å².